The number of aromatic carboxylic acids is 1. The Morgan fingerprint density at radius 3 is 2.10 bits per heavy atom. The predicted octanol–water partition coefficient (Wildman–Crippen LogP) is 0.209. The molecule has 0 radical (unpaired) electrons. The Morgan fingerprint density at radius 2 is 1.75 bits per heavy atom. The van der Waals surface area contributed by atoms with Gasteiger partial charge in [-0.25, -0.2) is 4.79 Å². The SMILES string of the molecule is O=C(O)c1cc(S(=O)(=O)O)ccc1O.c1cnnnc1. The van der Waals surface area contributed by atoms with Gasteiger partial charge in [0.05, 0.1) is 17.3 Å². The van der Waals surface area contributed by atoms with E-state index in [0.717, 1.165) is 12.1 Å². The van der Waals surface area contributed by atoms with Gasteiger partial charge in [-0.1, -0.05) is 0 Å². The quantitative estimate of drug-likeness (QED) is 0.661. The second kappa shape index (κ2) is 6.54. The molecule has 0 aliphatic rings. The molecule has 2 rings (SSSR count). The highest BCUT2D eigenvalue weighted by Crippen LogP contribution is 2.20. The van der Waals surface area contributed by atoms with E-state index in [0.29, 0.717) is 6.07 Å². The molecule has 0 spiro atoms. The lowest BCUT2D eigenvalue weighted by Crippen LogP contribution is -2.02. The van der Waals surface area contributed by atoms with Crippen molar-refractivity contribution in [3.63, 3.8) is 0 Å². The normalized spacial score (nSPS) is 10.2. The topological polar surface area (TPSA) is 151 Å². The van der Waals surface area contributed by atoms with Gasteiger partial charge in [-0.15, -0.1) is 10.2 Å². The lowest BCUT2D eigenvalue weighted by molar-refractivity contribution is 0.0693. The number of carboxylic acids is 1. The molecule has 9 nitrogen and oxygen atoms in total. The van der Waals surface area contributed by atoms with Crippen molar-refractivity contribution in [3.8, 4) is 5.75 Å². The Hall–Kier alpha value is -2.59. The highest BCUT2D eigenvalue weighted by molar-refractivity contribution is 7.85. The summed E-state index contributed by atoms with van der Waals surface area (Å²) in [5, 5.41) is 27.7. The zero-order valence-electron chi connectivity index (χ0n) is 9.78. The lowest BCUT2D eigenvalue weighted by Gasteiger charge is -2.01. The summed E-state index contributed by atoms with van der Waals surface area (Å²) in [5.74, 6) is -2.04. The third kappa shape index (κ3) is 4.59. The van der Waals surface area contributed by atoms with Crippen molar-refractivity contribution in [2.24, 2.45) is 0 Å². The zero-order valence-corrected chi connectivity index (χ0v) is 10.6. The van der Waals surface area contributed by atoms with Gasteiger partial charge in [0, 0.05) is 0 Å². The fourth-order valence-corrected chi connectivity index (χ4v) is 1.56. The zero-order chi connectivity index (χ0) is 15.2. The molecule has 3 N–H and O–H groups in total. The number of carboxylic acid groups (broad SMARTS) is 1. The van der Waals surface area contributed by atoms with Gasteiger partial charge in [-0.05, 0) is 29.5 Å². The van der Waals surface area contributed by atoms with Crippen molar-refractivity contribution >= 4 is 16.1 Å². The Morgan fingerprint density at radius 1 is 1.15 bits per heavy atom. The molecular formula is C10H9N3O6S. The van der Waals surface area contributed by atoms with Crippen molar-refractivity contribution < 1.29 is 28.0 Å². The van der Waals surface area contributed by atoms with E-state index in [9.17, 15) is 13.2 Å². The summed E-state index contributed by atoms with van der Waals surface area (Å²) in [7, 11) is -4.45. The van der Waals surface area contributed by atoms with Crippen LogP contribution in [0.5, 0.6) is 5.75 Å². The maximum absolute atomic E-state index is 10.6. The summed E-state index contributed by atoms with van der Waals surface area (Å²) in [6.07, 6.45) is 3.15. The van der Waals surface area contributed by atoms with Crippen LogP contribution in [0, 0.1) is 0 Å². The molecule has 0 aliphatic carbocycles. The van der Waals surface area contributed by atoms with Crippen molar-refractivity contribution in [1.82, 2.24) is 15.4 Å². The first kappa shape index (κ1) is 15.5. The molecule has 2 aromatic rings. The summed E-state index contributed by atoms with van der Waals surface area (Å²) in [5.41, 5.74) is -0.583. The third-order valence-electron chi connectivity index (χ3n) is 1.91. The first-order valence-corrected chi connectivity index (χ1v) is 6.38. The molecule has 0 fully saturated rings. The van der Waals surface area contributed by atoms with E-state index >= 15 is 0 Å². The van der Waals surface area contributed by atoms with Crippen LogP contribution < -0.4 is 0 Å². The first-order chi connectivity index (χ1) is 9.32. The minimum Gasteiger partial charge on any atom is -0.507 e. The van der Waals surface area contributed by atoms with E-state index in [1.807, 2.05) is 0 Å². The number of aromatic hydroxyl groups is 1. The third-order valence-corrected chi connectivity index (χ3v) is 2.75. The van der Waals surface area contributed by atoms with E-state index in [2.05, 4.69) is 15.4 Å². The number of rotatable bonds is 2. The van der Waals surface area contributed by atoms with Gasteiger partial charge in [0.25, 0.3) is 10.1 Å². The van der Waals surface area contributed by atoms with Crippen LogP contribution in [0.1, 0.15) is 10.4 Å². The number of nitrogens with zero attached hydrogens (tertiary/aromatic N) is 3. The van der Waals surface area contributed by atoms with Gasteiger partial charge in [0.15, 0.2) is 0 Å². The maximum atomic E-state index is 10.6. The van der Waals surface area contributed by atoms with E-state index in [1.54, 1.807) is 18.5 Å². The van der Waals surface area contributed by atoms with Crippen LogP contribution in [0.15, 0.2) is 41.6 Å². The number of benzene rings is 1. The fourth-order valence-electron chi connectivity index (χ4n) is 1.05. The lowest BCUT2D eigenvalue weighted by atomic mass is 10.2. The second-order valence-corrected chi connectivity index (χ2v) is 4.69. The Bertz CT molecular complexity index is 663. The Balaban J connectivity index is 0.000000276. The molecule has 0 aliphatic heterocycles. The van der Waals surface area contributed by atoms with Gasteiger partial charge < -0.3 is 10.2 Å². The number of hydrogen-bond acceptors (Lipinski definition) is 7. The van der Waals surface area contributed by atoms with Gasteiger partial charge in [-0.3, -0.25) is 4.55 Å². The van der Waals surface area contributed by atoms with E-state index in [-0.39, 0.29) is 0 Å². The summed E-state index contributed by atoms with van der Waals surface area (Å²) in [6.45, 7) is 0. The summed E-state index contributed by atoms with van der Waals surface area (Å²) < 4.78 is 29.8. The van der Waals surface area contributed by atoms with Gasteiger partial charge in [0.2, 0.25) is 0 Å². The molecule has 0 saturated heterocycles. The van der Waals surface area contributed by atoms with Gasteiger partial charge in [0.1, 0.15) is 11.3 Å². The van der Waals surface area contributed by atoms with Crippen LogP contribution in [0.25, 0.3) is 0 Å². The largest absolute Gasteiger partial charge is 0.507 e. The smallest absolute Gasteiger partial charge is 0.339 e. The molecule has 20 heavy (non-hydrogen) atoms. The molecule has 10 heteroatoms. The van der Waals surface area contributed by atoms with E-state index < -0.39 is 32.3 Å². The molecule has 106 valence electrons. The van der Waals surface area contributed by atoms with Crippen LogP contribution in [-0.2, 0) is 10.1 Å². The van der Waals surface area contributed by atoms with E-state index in [4.69, 9.17) is 14.8 Å². The summed E-state index contributed by atoms with van der Waals surface area (Å²) in [4.78, 5) is 9.89. The summed E-state index contributed by atoms with van der Waals surface area (Å²) in [6, 6.07) is 4.17. The van der Waals surface area contributed by atoms with Crippen molar-refractivity contribution in [2.75, 3.05) is 0 Å². The van der Waals surface area contributed by atoms with Crippen molar-refractivity contribution in [1.29, 1.82) is 0 Å². The highest BCUT2D eigenvalue weighted by atomic mass is 32.2. The molecule has 1 heterocycles. The van der Waals surface area contributed by atoms with Crippen LogP contribution in [-0.4, -0.2) is 44.6 Å². The van der Waals surface area contributed by atoms with Crippen LogP contribution in [0.4, 0.5) is 0 Å². The fraction of sp³-hybridized carbons (Fsp3) is 0. The van der Waals surface area contributed by atoms with Crippen LogP contribution >= 0.6 is 0 Å². The number of phenols is 1. The van der Waals surface area contributed by atoms with Crippen LogP contribution in [0.3, 0.4) is 0 Å². The van der Waals surface area contributed by atoms with Crippen molar-refractivity contribution in [3.05, 3.63) is 42.2 Å². The van der Waals surface area contributed by atoms with Crippen LogP contribution in [0.2, 0.25) is 0 Å². The average molecular weight is 299 g/mol. The highest BCUT2D eigenvalue weighted by Gasteiger charge is 2.16. The standard InChI is InChI=1S/C7H6O6S.C3H3N3/c8-6-2-1-4(14(11,12)13)3-5(6)7(9)10;1-2-4-6-5-3-1/h1-3,8H,(H,9,10)(H,11,12,13);1-3H. The number of carbonyl (C=O) groups is 1. The maximum Gasteiger partial charge on any atom is 0.339 e. The van der Waals surface area contributed by atoms with E-state index in [1.165, 1.54) is 0 Å². The average Bonchev–Trinajstić information content (AvgIpc) is 2.40. The molecule has 0 amide bonds. The van der Waals surface area contributed by atoms with Crippen molar-refractivity contribution in [2.45, 2.75) is 4.90 Å². The molecule has 0 atom stereocenters. The molecule has 0 saturated carbocycles. The minimum atomic E-state index is -4.45. The van der Waals surface area contributed by atoms with Gasteiger partial charge >= 0.3 is 5.97 Å². The molecule has 0 unspecified atom stereocenters. The molecular weight excluding hydrogens is 290 g/mol. The minimum absolute atomic E-state index is 0.565. The number of aromatic nitrogens is 3. The molecule has 1 aromatic carbocycles. The molecule has 0 bridgehead atoms. The Labute approximate surface area is 113 Å². The monoisotopic (exact) mass is 299 g/mol. The summed E-state index contributed by atoms with van der Waals surface area (Å²) >= 11 is 0. The Kier molecular flexibility index (Phi) is 5.06. The molecule has 1 aromatic heterocycles. The predicted molar refractivity (Wildman–Crippen MR) is 64.7 cm³/mol. The second-order valence-electron chi connectivity index (χ2n) is 3.27. The first-order valence-electron chi connectivity index (χ1n) is 4.94. The number of hydrogen-bond donors (Lipinski definition) is 3. The van der Waals surface area contributed by atoms with Gasteiger partial charge in [-0.2, -0.15) is 8.42 Å².